The van der Waals surface area contributed by atoms with Gasteiger partial charge in [-0.15, -0.1) is 0 Å². The molecule has 0 atom stereocenters. The zero-order chi connectivity index (χ0) is 13.2. The summed E-state index contributed by atoms with van der Waals surface area (Å²) in [6, 6.07) is 3.63. The Bertz CT molecular complexity index is 387. The molecule has 0 aromatic carbocycles. The number of β-amino-alcohol motifs (C(OH)–C–C–N with tert-alkyl or cyclic N) is 1. The fourth-order valence-corrected chi connectivity index (χ4v) is 2.29. The van der Waals surface area contributed by atoms with Gasteiger partial charge in [-0.2, -0.15) is 0 Å². The molecule has 5 heteroatoms. The molecular weight excluding hydrogens is 230 g/mol. The van der Waals surface area contributed by atoms with Crippen molar-refractivity contribution in [3.8, 4) is 0 Å². The molecule has 1 saturated heterocycles. The predicted molar refractivity (Wildman–Crippen MR) is 69.4 cm³/mol. The van der Waals surface area contributed by atoms with E-state index < -0.39 is 5.60 Å². The molecule has 0 spiro atoms. The van der Waals surface area contributed by atoms with Crippen LogP contribution in [0.4, 0.5) is 0 Å². The molecule has 0 saturated carbocycles. The van der Waals surface area contributed by atoms with Crippen molar-refractivity contribution in [2.75, 3.05) is 32.7 Å². The summed E-state index contributed by atoms with van der Waals surface area (Å²) in [4.78, 5) is 19.1. The van der Waals surface area contributed by atoms with Gasteiger partial charge in [0.25, 0.3) is 5.91 Å². The smallest absolute Gasteiger partial charge is 0.270 e. The number of rotatable bonds is 3. The van der Waals surface area contributed by atoms with Gasteiger partial charge in [0.1, 0.15) is 5.69 Å². The lowest BCUT2D eigenvalue weighted by atomic mass is 10.1. The SMILES string of the molecule is CC(C)(O)CN1CCN(C(=O)c2ccc[nH]2)CC1. The van der Waals surface area contributed by atoms with E-state index in [1.54, 1.807) is 12.3 Å². The maximum absolute atomic E-state index is 12.1. The minimum absolute atomic E-state index is 0.0582. The predicted octanol–water partition coefficient (Wildman–Crippen LogP) is 0.543. The number of aliphatic hydroxyl groups is 1. The molecule has 18 heavy (non-hydrogen) atoms. The Balaban J connectivity index is 1.85. The number of H-pyrrole nitrogens is 1. The first-order valence-electron chi connectivity index (χ1n) is 6.33. The quantitative estimate of drug-likeness (QED) is 0.824. The maximum Gasteiger partial charge on any atom is 0.270 e. The van der Waals surface area contributed by atoms with E-state index >= 15 is 0 Å². The molecule has 0 bridgehead atoms. The number of aromatic nitrogens is 1. The molecular formula is C13H21N3O2. The Morgan fingerprint density at radius 3 is 2.56 bits per heavy atom. The summed E-state index contributed by atoms with van der Waals surface area (Å²) in [5.74, 6) is 0.0582. The second-order valence-corrected chi connectivity index (χ2v) is 5.46. The number of hydrogen-bond donors (Lipinski definition) is 2. The van der Waals surface area contributed by atoms with Crippen LogP contribution >= 0.6 is 0 Å². The van der Waals surface area contributed by atoms with Gasteiger partial charge in [-0.1, -0.05) is 0 Å². The first kappa shape index (κ1) is 13.1. The number of aromatic amines is 1. The molecule has 1 aliphatic heterocycles. The second-order valence-electron chi connectivity index (χ2n) is 5.46. The maximum atomic E-state index is 12.1. The van der Waals surface area contributed by atoms with Gasteiger partial charge in [0.2, 0.25) is 0 Å². The van der Waals surface area contributed by atoms with Gasteiger partial charge in [-0.05, 0) is 26.0 Å². The minimum atomic E-state index is -0.675. The Kier molecular flexibility index (Phi) is 3.73. The molecule has 2 N–H and O–H groups in total. The summed E-state index contributed by atoms with van der Waals surface area (Å²) < 4.78 is 0. The summed E-state index contributed by atoms with van der Waals surface area (Å²) in [7, 11) is 0. The molecule has 0 unspecified atom stereocenters. The summed E-state index contributed by atoms with van der Waals surface area (Å²) in [6.45, 7) is 7.33. The number of hydrogen-bond acceptors (Lipinski definition) is 3. The van der Waals surface area contributed by atoms with Crippen molar-refractivity contribution in [3.05, 3.63) is 24.0 Å². The molecule has 2 heterocycles. The van der Waals surface area contributed by atoms with E-state index in [-0.39, 0.29) is 5.91 Å². The highest BCUT2D eigenvalue weighted by atomic mass is 16.3. The van der Waals surface area contributed by atoms with Gasteiger partial charge in [0.15, 0.2) is 0 Å². The van der Waals surface area contributed by atoms with Gasteiger partial charge in [-0.3, -0.25) is 9.69 Å². The molecule has 1 aromatic rings. The van der Waals surface area contributed by atoms with Crippen molar-refractivity contribution in [3.63, 3.8) is 0 Å². The Morgan fingerprint density at radius 1 is 1.39 bits per heavy atom. The Hall–Kier alpha value is -1.33. The molecule has 1 aromatic heterocycles. The van der Waals surface area contributed by atoms with Crippen LogP contribution in [0, 0.1) is 0 Å². The van der Waals surface area contributed by atoms with Gasteiger partial charge < -0.3 is 15.0 Å². The Morgan fingerprint density at radius 2 is 2.06 bits per heavy atom. The highest BCUT2D eigenvalue weighted by Gasteiger charge is 2.25. The summed E-state index contributed by atoms with van der Waals surface area (Å²) in [6.07, 6.45) is 1.76. The fraction of sp³-hybridized carbons (Fsp3) is 0.615. The van der Waals surface area contributed by atoms with Crippen LogP contribution in [0.25, 0.3) is 0 Å². The van der Waals surface area contributed by atoms with Crippen LogP contribution in [0.15, 0.2) is 18.3 Å². The Labute approximate surface area is 107 Å². The van der Waals surface area contributed by atoms with E-state index in [9.17, 15) is 9.90 Å². The number of nitrogens with one attached hydrogen (secondary N) is 1. The van der Waals surface area contributed by atoms with Crippen LogP contribution in [0.1, 0.15) is 24.3 Å². The highest BCUT2D eigenvalue weighted by Crippen LogP contribution is 2.10. The van der Waals surface area contributed by atoms with E-state index in [1.165, 1.54) is 0 Å². The number of amides is 1. The molecule has 1 aliphatic rings. The van der Waals surface area contributed by atoms with Crippen molar-refractivity contribution >= 4 is 5.91 Å². The molecule has 0 aliphatic carbocycles. The third kappa shape index (κ3) is 3.34. The average molecular weight is 251 g/mol. The zero-order valence-electron chi connectivity index (χ0n) is 11.0. The van der Waals surface area contributed by atoms with Crippen LogP contribution in [0.5, 0.6) is 0 Å². The first-order chi connectivity index (χ1) is 8.46. The van der Waals surface area contributed by atoms with Gasteiger partial charge in [0, 0.05) is 38.9 Å². The standard InChI is InChI=1S/C13H21N3O2/c1-13(2,18)10-15-6-8-16(9-7-15)12(17)11-4-3-5-14-11/h3-5,14,18H,6-10H2,1-2H3. The molecule has 5 nitrogen and oxygen atoms in total. The topological polar surface area (TPSA) is 59.6 Å². The van der Waals surface area contributed by atoms with E-state index in [4.69, 9.17) is 0 Å². The largest absolute Gasteiger partial charge is 0.389 e. The monoisotopic (exact) mass is 251 g/mol. The normalized spacial score (nSPS) is 18.1. The molecule has 2 rings (SSSR count). The lowest BCUT2D eigenvalue weighted by Crippen LogP contribution is -2.52. The van der Waals surface area contributed by atoms with Crippen molar-refractivity contribution in [2.45, 2.75) is 19.4 Å². The molecule has 1 fully saturated rings. The molecule has 0 radical (unpaired) electrons. The second kappa shape index (κ2) is 5.12. The molecule has 1 amide bonds. The fourth-order valence-electron chi connectivity index (χ4n) is 2.29. The summed E-state index contributed by atoms with van der Waals surface area (Å²) in [5.41, 5.74) is -0.0306. The zero-order valence-corrected chi connectivity index (χ0v) is 11.0. The van der Waals surface area contributed by atoms with Gasteiger partial charge in [-0.25, -0.2) is 0 Å². The lowest BCUT2D eigenvalue weighted by Gasteiger charge is -2.37. The van der Waals surface area contributed by atoms with Crippen LogP contribution < -0.4 is 0 Å². The number of carbonyl (C=O) groups is 1. The summed E-state index contributed by atoms with van der Waals surface area (Å²) in [5, 5.41) is 9.77. The van der Waals surface area contributed by atoms with Crippen LogP contribution in [-0.4, -0.2) is 64.1 Å². The van der Waals surface area contributed by atoms with Gasteiger partial charge >= 0.3 is 0 Å². The van der Waals surface area contributed by atoms with Crippen LogP contribution in [0.2, 0.25) is 0 Å². The van der Waals surface area contributed by atoms with Crippen molar-refractivity contribution in [1.29, 1.82) is 0 Å². The lowest BCUT2D eigenvalue weighted by molar-refractivity contribution is 0.0177. The first-order valence-corrected chi connectivity index (χ1v) is 6.33. The average Bonchev–Trinajstić information content (AvgIpc) is 2.80. The summed E-state index contributed by atoms with van der Waals surface area (Å²) >= 11 is 0. The number of nitrogens with zero attached hydrogens (tertiary/aromatic N) is 2. The van der Waals surface area contributed by atoms with E-state index in [1.807, 2.05) is 24.8 Å². The van der Waals surface area contributed by atoms with Crippen molar-refractivity contribution < 1.29 is 9.90 Å². The van der Waals surface area contributed by atoms with E-state index in [0.29, 0.717) is 25.3 Å². The highest BCUT2D eigenvalue weighted by molar-refractivity contribution is 5.92. The van der Waals surface area contributed by atoms with Crippen molar-refractivity contribution in [1.82, 2.24) is 14.8 Å². The van der Waals surface area contributed by atoms with Gasteiger partial charge in [0.05, 0.1) is 5.60 Å². The van der Waals surface area contributed by atoms with E-state index in [0.717, 1.165) is 13.1 Å². The number of piperazine rings is 1. The molecule has 100 valence electrons. The van der Waals surface area contributed by atoms with Crippen LogP contribution in [-0.2, 0) is 0 Å². The minimum Gasteiger partial charge on any atom is -0.389 e. The third-order valence-electron chi connectivity index (χ3n) is 3.10. The van der Waals surface area contributed by atoms with Crippen molar-refractivity contribution in [2.24, 2.45) is 0 Å². The van der Waals surface area contributed by atoms with E-state index in [2.05, 4.69) is 9.88 Å². The third-order valence-corrected chi connectivity index (χ3v) is 3.10. The number of carbonyl (C=O) groups excluding carboxylic acids is 1. The van der Waals surface area contributed by atoms with Crippen LogP contribution in [0.3, 0.4) is 0 Å².